The van der Waals surface area contributed by atoms with Crippen LogP contribution in [-0.4, -0.2) is 16.2 Å². The minimum absolute atomic E-state index is 0.120. The van der Waals surface area contributed by atoms with Crippen LogP contribution in [0, 0.1) is 29.1 Å². The number of nitrogens with one attached hydrogen (secondary N) is 1. The van der Waals surface area contributed by atoms with Gasteiger partial charge in [0.25, 0.3) is 0 Å². The van der Waals surface area contributed by atoms with Crippen molar-refractivity contribution in [2.24, 2.45) is 27.3 Å². The van der Waals surface area contributed by atoms with Crippen molar-refractivity contribution in [1.82, 2.24) is 5.32 Å². The summed E-state index contributed by atoms with van der Waals surface area (Å²) in [5.41, 5.74) is 1.51. The molecule has 8 heteroatoms. The standard InChI is InChI=1S/C26H38N4O3S/c1-15(2)21-9-17(14-27)10-22(16(3)4)23(21)29-24(31)30-34(28)20-12-18(25(5,6)32)11-19(13-20)26(7,8)33/h9,11-13,15-17,32-33H,10H2,1-8H3,(H3,28,29,30,31). The summed E-state index contributed by atoms with van der Waals surface area (Å²) in [5.74, 6) is 0.0537. The Balaban J connectivity index is 2.48. The van der Waals surface area contributed by atoms with E-state index in [1.807, 2.05) is 33.8 Å². The molecule has 1 aliphatic rings. The first-order valence-corrected chi connectivity index (χ1v) is 12.8. The van der Waals surface area contributed by atoms with Crippen LogP contribution in [0.1, 0.15) is 72.9 Å². The molecule has 1 aromatic carbocycles. The zero-order valence-electron chi connectivity index (χ0n) is 21.4. The molecular formula is C26H38N4O3S. The molecule has 2 unspecified atom stereocenters. The van der Waals surface area contributed by atoms with E-state index in [1.54, 1.807) is 45.9 Å². The molecule has 1 aliphatic carbocycles. The molecular weight excluding hydrogens is 448 g/mol. The van der Waals surface area contributed by atoms with E-state index < -0.39 is 28.1 Å². The predicted molar refractivity (Wildman–Crippen MR) is 136 cm³/mol. The van der Waals surface area contributed by atoms with Crippen LogP contribution in [0.25, 0.3) is 0 Å². The lowest BCUT2D eigenvalue weighted by molar-refractivity contribution is 0.0713. The molecule has 0 spiro atoms. The number of nitrogens with zero attached hydrogens (tertiary/aromatic N) is 2. The average molecular weight is 487 g/mol. The van der Waals surface area contributed by atoms with E-state index >= 15 is 0 Å². The number of aliphatic hydroxyl groups is 2. The molecule has 0 bridgehead atoms. The Morgan fingerprint density at radius 3 is 2.06 bits per heavy atom. The molecule has 1 aromatic rings. The first-order valence-electron chi connectivity index (χ1n) is 11.5. The normalized spacial score (nSPS) is 18.2. The molecule has 0 saturated heterocycles. The number of urea groups is 1. The third-order valence-corrected chi connectivity index (χ3v) is 6.97. The van der Waals surface area contributed by atoms with Crippen molar-refractivity contribution in [1.29, 1.82) is 5.26 Å². The number of amides is 2. The maximum Gasteiger partial charge on any atom is 0.352 e. The first kappa shape index (κ1) is 27.9. The predicted octanol–water partition coefficient (Wildman–Crippen LogP) is 4.92. The Kier molecular flexibility index (Phi) is 8.65. The van der Waals surface area contributed by atoms with Gasteiger partial charge in [-0.3, -0.25) is 5.14 Å². The van der Waals surface area contributed by atoms with E-state index in [0.717, 1.165) is 16.8 Å². The maximum atomic E-state index is 13.0. The van der Waals surface area contributed by atoms with Gasteiger partial charge in [-0.05, 0) is 80.4 Å². The number of rotatable bonds is 6. The van der Waals surface area contributed by atoms with Crippen molar-refractivity contribution in [3.8, 4) is 6.07 Å². The van der Waals surface area contributed by atoms with Crippen molar-refractivity contribution in [3.05, 3.63) is 52.2 Å². The van der Waals surface area contributed by atoms with Gasteiger partial charge in [0, 0.05) is 21.5 Å². The fourth-order valence-corrected chi connectivity index (χ4v) is 4.65. The fraction of sp³-hybridized carbons (Fsp3) is 0.538. The van der Waals surface area contributed by atoms with Gasteiger partial charge in [0.15, 0.2) is 0 Å². The minimum Gasteiger partial charge on any atom is -0.386 e. The zero-order chi connectivity index (χ0) is 26.0. The number of benzene rings is 1. The molecule has 34 heavy (non-hydrogen) atoms. The Labute approximate surface area is 206 Å². The largest absolute Gasteiger partial charge is 0.386 e. The Hall–Kier alpha value is -2.31. The van der Waals surface area contributed by atoms with Crippen LogP contribution in [0.3, 0.4) is 0 Å². The SMILES string of the molecule is CC(C)C1=CC(C#N)CC(C(C)C)=C1NC(=O)N=S(N)c1cc(C(C)(C)O)cc(C(C)(C)O)c1. The topological polar surface area (TPSA) is 132 Å². The highest BCUT2D eigenvalue weighted by atomic mass is 32.2. The Morgan fingerprint density at radius 1 is 1.12 bits per heavy atom. The number of nitrogens with two attached hydrogens (primary N) is 1. The summed E-state index contributed by atoms with van der Waals surface area (Å²) >= 11 is 0. The van der Waals surface area contributed by atoms with Crippen molar-refractivity contribution in [2.45, 2.75) is 77.9 Å². The minimum atomic E-state index is -1.31. The summed E-state index contributed by atoms with van der Waals surface area (Å²) in [5, 5.41) is 39.8. The lowest BCUT2D eigenvalue weighted by atomic mass is 9.80. The number of allylic oxidation sites excluding steroid dienone is 3. The molecule has 0 radical (unpaired) electrons. The highest BCUT2D eigenvalue weighted by molar-refractivity contribution is 7.85. The van der Waals surface area contributed by atoms with Crippen LogP contribution in [0.5, 0.6) is 0 Å². The van der Waals surface area contributed by atoms with Gasteiger partial charge >= 0.3 is 6.03 Å². The van der Waals surface area contributed by atoms with Gasteiger partial charge < -0.3 is 15.5 Å². The molecule has 0 saturated carbocycles. The van der Waals surface area contributed by atoms with E-state index in [4.69, 9.17) is 5.14 Å². The summed E-state index contributed by atoms with van der Waals surface area (Å²) in [6.45, 7) is 14.7. The quantitative estimate of drug-likeness (QED) is 0.453. The fourth-order valence-electron chi connectivity index (χ4n) is 3.82. The van der Waals surface area contributed by atoms with E-state index in [-0.39, 0.29) is 17.8 Å². The summed E-state index contributed by atoms with van der Waals surface area (Å²) in [4.78, 5) is 13.5. The number of carbonyl (C=O) groups is 1. The van der Waals surface area contributed by atoms with Crippen LogP contribution in [0.4, 0.5) is 4.79 Å². The number of hydrogen-bond donors (Lipinski definition) is 4. The monoisotopic (exact) mass is 486 g/mol. The number of carbonyl (C=O) groups excluding carboxylic acids is 1. The van der Waals surface area contributed by atoms with Gasteiger partial charge in [-0.2, -0.15) is 9.62 Å². The van der Waals surface area contributed by atoms with Crippen molar-refractivity contribution in [2.75, 3.05) is 0 Å². The van der Waals surface area contributed by atoms with Crippen molar-refractivity contribution < 1.29 is 15.0 Å². The zero-order valence-corrected chi connectivity index (χ0v) is 22.2. The summed E-state index contributed by atoms with van der Waals surface area (Å²) in [6.07, 6.45) is 2.49. The number of nitriles is 1. The van der Waals surface area contributed by atoms with E-state index in [1.165, 1.54) is 0 Å². The average Bonchev–Trinajstić information content (AvgIpc) is 2.71. The van der Waals surface area contributed by atoms with Gasteiger partial charge in [0.05, 0.1) is 23.2 Å². The molecule has 186 valence electrons. The second-order valence-electron chi connectivity index (χ2n) is 10.5. The number of hydrogen-bond acceptors (Lipinski definition) is 4. The van der Waals surface area contributed by atoms with E-state index in [2.05, 4.69) is 15.7 Å². The molecule has 7 nitrogen and oxygen atoms in total. The van der Waals surface area contributed by atoms with Gasteiger partial charge in [0.1, 0.15) is 0 Å². The molecule has 2 atom stereocenters. The Morgan fingerprint density at radius 2 is 1.65 bits per heavy atom. The Bertz CT molecular complexity index is 1050. The lowest BCUT2D eigenvalue weighted by Gasteiger charge is -2.28. The van der Waals surface area contributed by atoms with Gasteiger partial charge in [-0.1, -0.05) is 39.8 Å². The summed E-state index contributed by atoms with van der Waals surface area (Å²) in [7, 11) is -1.31. The highest BCUT2D eigenvalue weighted by Gasteiger charge is 2.27. The third kappa shape index (κ3) is 6.86. The molecule has 0 heterocycles. The highest BCUT2D eigenvalue weighted by Crippen LogP contribution is 2.35. The van der Waals surface area contributed by atoms with Crippen LogP contribution in [-0.2, 0) is 22.1 Å². The molecule has 0 fully saturated rings. The third-order valence-electron chi connectivity index (χ3n) is 5.89. The summed E-state index contributed by atoms with van der Waals surface area (Å²) in [6, 6.07) is 6.92. The smallest absolute Gasteiger partial charge is 0.352 e. The second-order valence-corrected chi connectivity index (χ2v) is 11.8. The first-order chi connectivity index (χ1) is 15.5. The maximum absolute atomic E-state index is 13.0. The van der Waals surface area contributed by atoms with Crippen LogP contribution < -0.4 is 10.5 Å². The lowest BCUT2D eigenvalue weighted by Crippen LogP contribution is -2.29. The van der Waals surface area contributed by atoms with Crippen LogP contribution >= 0.6 is 0 Å². The molecule has 5 N–H and O–H groups in total. The molecule has 2 amide bonds. The van der Waals surface area contributed by atoms with Gasteiger partial charge in [-0.15, -0.1) is 0 Å². The van der Waals surface area contributed by atoms with Crippen molar-refractivity contribution >= 4 is 16.9 Å². The summed E-state index contributed by atoms with van der Waals surface area (Å²) < 4.78 is 4.18. The van der Waals surface area contributed by atoms with E-state index in [9.17, 15) is 20.3 Å². The van der Waals surface area contributed by atoms with Crippen molar-refractivity contribution in [3.63, 3.8) is 0 Å². The molecule has 0 aliphatic heterocycles. The van der Waals surface area contributed by atoms with Gasteiger partial charge in [-0.25, -0.2) is 4.79 Å². The van der Waals surface area contributed by atoms with E-state index in [0.29, 0.717) is 22.4 Å². The molecule has 2 rings (SSSR count). The van der Waals surface area contributed by atoms with Crippen LogP contribution in [0.2, 0.25) is 0 Å². The molecule has 0 aromatic heterocycles. The van der Waals surface area contributed by atoms with Gasteiger partial charge in [0.2, 0.25) is 0 Å². The second kappa shape index (κ2) is 10.5. The van der Waals surface area contributed by atoms with Crippen LogP contribution in [0.15, 0.2) is 50.4 Å².